The van der Waals surface area contributed by atoms with Gasteiger partial charge in [-0.3, -0.25) is 0 Å². The summed E-state index contributed by atoms with van der Waals surface area (Å²) in [6.07, 6.45) is 0. The monoisotopic (exact) mass is 184 g/mol. The molecule has 70 valence electrons. The highest BCUT2D eigenvalue weighted by atomic mass is 19.1. The zero-order valence-electron chi connectivity index (χ0n) is 7.12. The van der Waals surface area contributed by atoms with E-state index >= 15 is 0 Å². The predicted octanol–water partition coefficient (Wildman–Crippen LogP) is 1.38. The maximum absolute atomic E-state index is 12.6. The molecular weight excluding hydrogens is 175 g/mol. The number of halogens is 1. The number of ether oxygens (including phenoxy) is 2. The Morgan fingerprint density at radius 2 is 2.31 bits per heavy atom. The second-order valence-electron chi connectivity index (χ2n) is 2.36. The molecule has 3 nitrogen and oxygen atoms in total. The van der Waals surface area contributed by atoms with Crippen molar-refractivity contribution in [2.24, 2.45) is 0 Å². The molecule has 0 spiro atoms. The number of benzene rings is 1. The highest BCUT2D eigenvalue weighted by Crippen LogP contribution is 2.11. The average Bonchev–Trinajstić information content (AvgIpc) is 2.04. The van der Waals surface area contributed by atoms with E-state index in [4.69, 9.17) is 4.74 Å². The minimum absolute atomic E-state index is 0.142. The number of carbonyl (C=O) groups is 1. The molecule has 0 fully saturated rings. The first kappa shape index (κ1) is 9.67. The highest BCUT2D eigenvalue weighted by molar-refractivity contribution is 5.73. The van der Waals surface area contributed by atoms with E-state index in [0.29, 0.717) is 0 Å². The summed E-state index contributed by atoms with van der Waals surface area (Å²) < 4.78 is 21.9. The third-order valence-corrected chi connectivity index (χ3v) is 1.29. The molecule has 1 aromatic carbocycles. The summed E-state index contributed by atoms with van der Waals surface area (Å²) in [5.41, 5.74) is 0. The zero-order chi connectivity index (χ0) is 9.68. The molecule has 4 heteroatoms. The van der Waals surface area contributed by atoms with Crippen LogP contribution >= 0.6 is 0 Å². The first-order valence-electron chi connectivity index (χ1n) is 3.67. The Labute approximate surface area is 75.1 Å². The highest BCUT2D eigenvalue weighted by Gasteiger charge is 2.03. The molecular formula is C9H9FO3. The van der Waals surface area contributed by atoms with E-state index in [0.717, 1.165) is 6.07 Å². The lowest BCUT2D eigenvalue weighted by molar-refractivity contribution is -0.138. The van der Waals surface area contributed by atoms with Crippen LogP contribution in [0.25, 0.3) is 0 Å². The van der Waals surface area contributed by atoms with Crippen molar-refractivity contribution >= 4 is 5.97 Å². The molecule has 1 rings (SSSR count). The van der Waals surface area contributed by atoms with E-state index in [2.05, 4.69) is 4.74 Å². The number of rotatable bonds is 3. The van der Waals surface area contributed by atoms with Gasteiger partial charge in [0.2, 0.25) is 0 Å². The van der Waals surface area contributed by atoms with Gasteiger partial charge >= 0.3 is 5.97 Å². The number of methoxy groups -OCH3 is 1. The molecule has 0 N–H and O–H groups in total. The minimum atomic E-state index is -0.548. The number of hydrogen-bond acceptors (Lipinski definition) is 3. The lowest BCUT2D eigenvalue weighted by Crippen LogP contribution is -2.14. The lowest BCUT2D eigenvalue weighted by Gasteiger charge is -2.02. The summed E-state index contributed by atoms with van der Waals surface area (Å²) in [6.45, 7) is -0.142. The van der Waals surface area contributed by atoms with Gasteiger partial charge in [0.15, 0.2) is 0 Å². The zero-order valence-corrected chi connectivity index (χ0v) is 7.12. The molecule has 0 aliphatic heterocycles. The molecule has 0 heterocycles. The third-order valence-electron chi connectivity index (χ3n) is 1.29. The molecule has 0 atom stereocenters. The molecule has 0 saturated heterocycles. The fourth-order valence-corrected chi connectivity index (χ4v) is 0.809. The molecule has 0 unspecified atom stereocenters. The summed E-state index contributed by atoms with van der Waals surface area (Å²) >= 11 is 0. The summed E-state index contributed by atoms with van der Waals surface area (Å²) in [6, 6.07) is 5.36. The lowest BCUT2D eigenvalue weighted by atomic mass is 10.3. The molecule has 0 aromatic heterocycles. The average molecular weight is 184 g/mol. The molecule has 0 aliphatic carbocycles. The molecule has 0 aliphatic rings. The van der Waals surface area contributed by atoms with Gasteiger partial charge in [-0.25, -0.2) is 9.18 Å². The standard InChI is InChI=1S/C9H9FO3/c1-12-6-9(11)13-8-4-2-3-7(10)5-8/h2-5H,6H2,1H3. The van der Waals surface area contributed by atoms with Crippen molar-refractivity contribution in [3.05, 3.63) is 30.1 Å². The summed E-state index contributed by atoms with van der Waals surface area (Å²) in [5.74, 6) is -0.808. The van der Waals surface area contributed by atoms with Crippen molar-refractivity contribution in [2.45, 2.75) is 0 Å². The van der Waals surface area contributed by atoms with E-state index < -0.39 is 11.8 Å². The third kappa shape index (κ3) is 3.21. The van der Waals surface area contributed by atoms with E-state index in [1.54, 1.807) is 0 Å². The van der Waals surface area contributed by atoms with Gasteiger partial charge in [-0.05, 0) is 12.1 Å². The van der Waals surface area contributed by atoms with E-state index in [1.165, 1.54) is 25.3 Å². The van der Waals surface area contributed by atoms with Gasteiger partial charge in [-0.2, -0.15) is 0 Å². The van der Waals surface area contributed by atoms with E-state index in [-0.39, 0.29) is 12.4 Å². The van der Waals surface area contributed by atoms with Gasteiger partial charge < -0.3 is 9.47 Å². The van der Waals surface area contributed by atoms with Crippen molar-refractivity contribution < 1.29 is 18.7 Å². The normalized spacial score (nSPS) is 9.69. The van der Waals surface area contributed by atoms with Gasteiger partial charge in [-0.1, -0.05) is 6.07 Å². The summed E-state index contributed by atoms with van der Waals surface area (Å²) in [4.78, 5) is 10.9. The largest absolute Gasteiger partial charge is 0.425 e. The Morgan fingerprint density at radius 1 is 1.54 bits per heavy atom. The molecule has 1 aromatic rings. The Kier molecular flexibility index (Phi) is 3.40. The van der Waals surface area contributed by atoms with Gasteiger partial charge in [0, 0.05) is 13.2 Å². The minimum Gasteiger partial charge on any atom is -0.425 e. The fourth-order valence-electron chi connectivity index (χ4n) is 0.809. The van der Waals surface area contributed by atoms with Gasteiger partial charge in [0.25, 0.3) is 0 Å². The molecule has 0 saturated carbocycles. The van der Waals surface area contributed by atoms with Crippen LogP contribution in [0.15, 0.2) is 24.3 Å². The van der Waals surface area contributed by atoms with Crippen LogP contribution in [-0.2, 0) is 9.53 Å². The predicted molar refractivity (Wildman–Crippen MR) is 43.9 cm³/mol. The van der Waals surface area contributed by atoms with Crippen molar-refractivity contribution in [1.29, 1.82) is 0 Å². The fraction of sp³-hybridized carbons (Fsp3) is 0.222. The molecule has 0 radical (unpaired) electrons. The van der Waals surface area contributed by atoms with Crippen molar-refractivity contribution in [2.75, 3.05) is 13.7 Å². The smallest absolute Gasteiger partial charge is 0.337 e. The van der Waals surface area contributed by atoms with Crippen LogP contribution in [0.1, 0.15) is 0 Å². The number of hydrogen-bond donors (Lipinski definition) is 0. The van der Waals surface area contributed by atoms with Crippen LogP contribution in [0.5, 0.6) is 5.75 Å². The van der Waals surface area contributed by atoms with E-state index in [9.17, 15) is 9.18 Å². The Morgan fingerprint density at radius 3 is 2.92 bits per heavy atom. The summed E-state index contributed by atoms with van der Waals surface area (Å²) in [5, 5.41) is 0. The van der Waals surface area contributed by atoms with Crippen LogP contribution in [-0.4, -0.2) is 19.7 Å². The van der Waals surface area contributed by atoms with Gasteiger partial charge in [0.05, 0.1) is 0 Å². The Bertz CT molecular complexity index is 299. The molecule has 0 amide bonds. The van der Waals surface area contributed by atoms with Gasteiger partial charge in [-0.15, -0.1) is 0 Å². The van der Waals surface area contributed by atoms with Crippen LogP contribution in [0.4, 0.5) is 4.39 Å². The van der Waals surface area contributed by atoms with Gasteiger partial charge in [0.1, 0.15) is 18.2 Å². The maximum Gasteiger partial charge on any atom is 0.337 e. The Balaban J connectivity index is 2.58. The van der Waals surface area contributed by atoms with Crippen LogP contribution < -0.4 is 4.74 Å². The first-order valence-corrected chi connectivity index (χ1v) is 3.67. The topological polar surface area (TPSA) is 35.5 Å². The van der Waals surface area contributed by atoms with Crippen molar-refractivity contribution in [3.8, 4) is 5.75 Å². The SMILES string of the molecule is COCC(=O)Oc1cccc(F)c1. The Hall–Kier alpha value is -1.42. The van der Waals surface area contributed by atoms with E-state index in [1.807, 2.05) is 0 Å². The number of esters is 1. The van der Waals surface area contributed by atoms with Crippen LogP contribution in [0, 0.1) is 5.82 Å². The summed E-state index contributed by atoms with van der Waals surface area (Å²) in [7, 11) is 1.38. The maximum atomic E-state index is 12.6. The quantitative estimate of drug-likeness (QED) is 0.525. The molecule has 0 bridgehead atoms. The second kappa shape index (κ2) is 4.57. The molecule has 13 heavy (non-hydrogen) atoms. The van der Waals surface area contributed by atoms with Crippen molar-refractivity contribution in [1.82, 2.24) is 0 Å². The van der Waals surface area contributed by atoms with Crippen molar-refractivity contribution in [3.63, 3.8) is 0 Å². The van der Waals surface area contributed by atoms with Crippen LogP contribution in [0.3, 0.4) is 0 Å². The first-order chi connectivity index (χ1) is 6.22. The van der Waals surface area contributed by atoms with Crippen LogP contribution in [0.2, 0.25) is 0 Å². The number of carbonyl (C=O) groups excluding carboxylic acids is 1. The second-order valence-corrected chi connectivity index (χ2v) is 2.36.